The lowest BCUT2D eigenvalue weighted by molar-refractivity contribution is -0.162. The van der Waals surface area contributed by atoms with Crippen LogP contribution >= 0.6 is 11.8 Å². The van der Waals surface area contributed by atoms with Gasteiger partial charge in [0.15, 0.2) is 0 Å². The van der Waals surface area contributed by atoms with Crippen LogP contribution in [0.2, 0.25) is 0 Å². The maximum atomic E-state index is 12.9. The van der Waals surface area contributed by atoms with Gasteiger partial charge >= 0.3 is 11.9 Å². The molecule has 0 radical (unpaired) electrons. The number of methoxy groups -OCH3 is 1. The summed E-state index contributed by atoms with van der Waals surface area (Å²) in [6.45, 7) is 6.94. The number of Topliss-reactive ketones (excluding diaryl/α,β-unsaturated/α-hetero) is 1. The van der Waals surface area contributed by atoms with E-state index >= 15 is 0 Å². The number of hydrogen-bond donors (Lipinski definition) is 2. The van der Waals surface area contributed by atoms with Crippen molar-refractivity contribution in [2.45, 2.75) is 123 Å². The van der Waals surface area contributed by atoms with Gasteiger partial charge in [0.25, 0.3) is 0 Å². The van der Waals surface area contributed by atoms with Crippen LogP contribution in [0.4, 0.5) is 0 Å². The number of hydrogen-bond acceptors (Lipinski definition) is 9. The summed E-state index contributed by atoms with van der Waals surface area (Å²) in [6, 6.07) is 7.99. The minimum Gasteiger partial charge on any atom is -0.462 e. The van der Waals surface area contributed by atoms with Crippen molar-refractivity contribution >= 4 is 29.5 Å². The third kappa shape index (κ3) is 13.8. The van der Waals surface area contributed by atoms with Gasteiger partial charge in [0.1, 0.15) is 19.0 Å². The molecule has 2 N–H and O–H groups in total. The van der Waals surface area contributed by atoms with E-state index in [1.165, 1.54) is 0 Å². The molecule has 256 valence electrons. The minimum absolute atomic E-state index is 0.0700. The average molecular weight is 651 g/mol. The number of aliphatic hydroxyl groups is 2. The molecule has 1 aliphatic carbocycles. The van der Waals surface area contributed by atoms with E-state index < -0.39 is 17.6 Å². The summed E-state index contributed by atoms with van der Waals surface area (Å²) >= 11 is 1.70. The Morgan fingerprint density at radius 3 is 2.33 bits per heavy atom. The van der Waals surface area contributed by atoms with E-state index in [1.807, 2.05) is 24.3 Å². The summed E-state index contributed by atoms with van der Waals surface area (Å²) in [5.74, 6) is 0.857. The van der Waals surface area contributed by atoms with Crippen molar-refractivity contribution in [2.75, 3.05) is 31.8 Å². The summed E-state index contributed by atoms with van der Waals surface area (Å²) in [7, 11) is 1.66. The maximum absolute atomic E-state index is 12.9. The summed E-state index contributed by atoms with van der Waals surface area (Å²) in [5.41, 5.74) is 1.68. The second kappa shape index (κ2) is 21.8. The Kier molecular flexibility index (Phi) is 19.0. The molecule has 1 fully saturated rings. The molecular formula is C36H58O8S. The molecule has 0 aromatic heterocycles. The van der Waals surface area contributed by atoms with E-state index in [0.29, 0.717) is 45.1 Å². The van der Waals surface area contributed by atoms with E-state index in [2.05, 4.69) is 20.8 Å². The van der Waals surface area contributed by atoms with Gasteiger partial charge in [-0.05, 0) is 79.9 Å². The first-order chi connectivity index (χ1) is 21.7. The van der Waals surface area contributed by atoms with Gasteiger partial charge in [-0.2, -0.15) is 11.8 Å². The number of thioether (sulfide) groups is 1. The summed E-state index contributed by atoms with van der Waals surface area (Å²) in [5, 5.41) is 21.2. The topological polar surface area (TPSA) is 119 Å². The fourth-order valence-corrected chi connectivity index (χ4v) is 7.79. The number of carbonyl (C=O) groups is 3. The highest BCUT2D eigenvalue weighted by Crippen LogP contribution is 2.37. The van der Waals surface area contributed by atoms with Crippen molar-refractivity contribution in [1.82, 2.24) is 0 Å². The fourth-order valence-electron chi connectivity index (χ4n) is 6.82. The smallest absolute Gasteiger partial charge is 0.312 e. The molecule has 0 aliphatic heterocycles. The number of benzene rings is 1. The Morgan fingerprint density at radius 1 is 1.00 bits per heavy atom. The second-order valence-corrected chi connectivity index (χ2v) is 13.8. The van der Waals surface area contributed by atoms with E-state index in [-0.39, 0.29) is 49.2 Å². The van der Waals surface area contributed by atoms with Crippen LogP contribution in [0.1, 0.15) is 109 Å². The van der Waals surface area contributed by atoms with Crippen molar-refractivity contribution in [3.63, 3.8) is 0 Å². The van der Waals surface area contributed by atoms with Crippen molar-refractivity contribution in [1.29, 1.82) is 0 Å². The molecule has 0 saturated heterocycles. The van der Waals surface area contributed by atoms with Crippen LogP contribution in [-0.4, -0.2) is 72.0 Å². The third-order valence-corrected chi connectivity index (χ3v) is 9.98. The number of rotatable bonds is 24. The van der Waals surface area contributed by atoms with Gasteiger partial charge in [0, 0.05) is 25.9 Å². The minimum atomic E-state index is -0.653. The van der Waals surface area contributed by atoms with Crippen LogP contribution in [0.5, 0.6) is 0 Å². The maximum Gasteiger partial charge on any atom is 0.312 e. The lowest BCUT2D eigenvalue weighted by atomic mass is 9.75. The SMILES string of the molecule is CCCC(CCC)(CCC)C(=O)OCCOC(=O)CCCSCC[C@H]1C(=O)C[C@@H](O)[C@@H]1CC[C@@H](O)Cc1cccc(COC)c1. The molecule has 1 aromatic carbocycles. The Morgan fingerprint density at radius 2 is 1.67 bits per heavy atom. The standard InChI is InChI=1S/C36H58O8S/c1-5-16-36(17-6-2,18-7-3)35(41)44-20-19-43-34(40)12-9-21-45-22-15-31-30(32(38)25-33(31)39)14-13-29(37)24-27-10-8-11-28(23-27)26-42-4/h8,10-11,23,29-32,37-38H,5-7,9,12-22,24-26H2,1-4H3/t29-,30-,31-,32-/m1/s1. The predicted molar refractivity (Wildman–Crippen MR) is 179 cm³/mol. The Bertz CT molecular complexity index is 998. The molecule has 0 bridgehead atoms. The third-order valence-electron chi connectivity index (χ3n) is 8.88. The van der Waals surface area contributed by atoms with Gasteiger partial charge < -0.3 is 24.4 Å². The van der Waals surface area contributed by atoms with Crippen LogP contribution in [0.15, 0.2) is 24.3 Å². The molecule has 2 rings (SSSR count). The first-order valence-corrected chi connectivity index (χ1v) is 18.2. The molecule has 0 spiro atoms. The van der Waals surface area contributed by atoms with Crippen molar-refractivity contribution in [3.05, 3.63) is 35.4 Å². The van der Waals surface area contributed by atoms with E-state index in [1.54, 1.807) is 18.9 Å². The zero-order chi connectivity index (χ0) is 33.1. The summed E-state index contributed by atoms with van der Waals surface area (Å²) in [4.78, 5) is 37.6. The molecule has 45 heavy (non-hydrogen) atoms. The Hall–Kier alpha value is -1.94. The first kappa shape index (κ1) is 39.2. The van der Waals surface area contributed by atoms with Gasteiger partial charge in [-0.3, -0.25) is 14.4 Å². The van der Waals surface area contributed by atoms with Crippen LogP contribution in [-0.2, 0) is 41.6 Å². The van der Waals surface area contributed by atoms with Crippen molar-refractivity contribution < 1.29 is 38.8 Å². The quantitative estimate of drug-likeness (QED) is 0.0960. The van der Waals surface area contributed by atoms with E-state index in [9.17, 15) is 24.6 Å². The monoisotopic (exact) mass is 650 g/mol. The summed E-state index contributed by atoms with van der Waals surface area (Å²) in [6.07, 6.45) is 7.54. The highest BCUT2D eigenvalue weighted by Gasteiger charge is 2.41. The fraction of sp³-hybridized carbons (Fsp3) is 0.750. The second-order valence-electron chi connectivity index (χ2n) is 12.6. The van der Waals surface area contributed by atoms with Gasteiger partial charge in [-0.25, -0.2) is 0 Å². The normalized spacial score (nSPS) is 19.1. The number of aliphatic hydroxyl groups excluding tert-OH is 2. The molecular weight excluding hydrogens is 592 g/mol. The predicted octanol–water partition coefficient (Wildman–Crippen LogP) is 6.46. The van der Waals surface area contributed by atoms with Gasteiger partial charge in [0.05, 0.1) is 24.2 Å². The van der Waals surface area contributed by atoms with Crippen LogP contribution in [0.3, 0.4) is 0 Å². The molecule has 9 heteroatoms. The van der Waals surface area contributed by atoms with Crippen LogP contribution in [0.25, 0.3) is 0 Å². The molecule has 1 saturated carbocycles. The highest BCUT2D eigenvalue weighted by molar-refractivity contribution is 7.99. The molecule has 1 aliphatic rings. The highest BCUT2D eigenvalue weighted by atomic mass is 32.2. The molecule has 4 atom stereocenters. The summed E-state index contributed by atoms with van der Waals surface area (Å²) < 4.78 is 16.0. The Labute approximate surface area is 275 Å². The lowest BCUT2D eigenvalue weighted by Gasteiger charge is -2.30. The average Bonchev–Trinajstić information content (AvgIpc) is 3.27. The number of esters is 2. The van der Waals surface area contributed by atoms with Crippen LogP contribution in [0, 0.1) is 17.3 Å². The van der Waals surface area contributed by atoms with Crippen molar-refractivity contribution in [3.8, 4) is 0 Å². The number of ketones is 1. The van der Waals surface area contributed by atoms with Gasteiger partial charge in [0.2, 0.25) is 0 Å². The lowest BCUT2D eigenvalue weighted by Crippen LogP contribution is -2.34. The molecule has 0 amide bonds. The molecule has 8 nitrogen and oxygen atoms in total. The molecule has 1 aromatic rings. The van der Waals surface area contributed by atoms with E-state index in [0.717, 1.165) is 61.2 Å². The Balaban J connectivity index is 1.64. The molecule has 0 heterocycles. The van der Waals surface area contributed by atoms with Gasteiger partial charge in [-0.1, -0.05) is 64.3 Å². The van der Waals surface area contributed by atoms with Gasteiger partial charge in [-0.15, -0.1) is 0 Å². The van der Waals surface area contributed by atoms with E-state index in [4.69, 9.17) is 14.2 Å². The first-order valence-electron chi connectivity index (χ1n) is 17.1. The zero-order valence-electron chi connectivity index (χ0n) is 28.1. The molecule has 0 unspecified atom stereocenters. The van der Waals surface area contributed by atoms with Crippen LogP contribution < -0.4 is 0 Å². The largest absolute Gasteiger partial charge is 0.462 e. The zero-order valence-corrected chi connectivity index (χ0v) is 28.9. The number of carbonyl (C=O) groups excluding carboxylic acids is 3. The number of ether oxygens (including phenoxy) is 3. The van der Waals surface area contributed by atoms with Crippen molar-refractivity contribution in [2.24, 2.45) is 17.3 Å².